The lowest BCUT2D eigenvalue weighted by Gasteiger charge is -2.32. The first kappa shape index (κ1) is 13.2. The predicted octanol–water partition coefficient (Wildman–Crippen LogP) is 4.72. The first-order chi connectivity index (χ1) is 9.69. The van der Waals surface area contributed by atoms with Gasteiger partial charge in [0.05, 0.1) is 7.11 Å². The molecule has 0 radical (unpaired) electrons. The van der Waals surface area contributed by atoms with Crippen LogP contribution in [0.1, 0.15) is 41.5 Å². The van der Waals surface area contributed by atoms with Gasteiger partial charge in [0.15, 0.2) is 0 Å². The topological polar surface area (TPSA) is 9.23 Å². The summed E-state index contributed by atoms with van der Waals surface area (Å²) in [6.45, 7) is 4.55. The van der Waals surface area contributed by atoms with E-state index in [0.717, 1.165) is 12.2 Å². The molecule has 0 aliphatic heterocycles. The lowest BCUT2D eigenvalue weighted by Crippen LogP contribution is -2.19. The van der Waals surface area contributed by atoms with Crippen molar-refractivity contribution in [3.63, 3.8) is 0 Å². The Kier molecular flexibility index (Phi) is 3.52. The van der Waals surface area contributed by atoms with Gasteiger partial charge in [0.1, 0.15) is 5.75 Å². The minimum Gasteiger partial charge on any atom is -0.497 e. The molecule has 0 bridgehead atoms. The average Bonchev–Trinajstić information content (AvgIpc) is 2.46. The van der Waals surface area contributed by atoms with Gasteiger partial charge in [-0.3, -0.25) is 0 Å². The molecule has 3 rings (SSSR count). The van der Waals surface area contributed by atoms with Crippen LogP contribution in [0, 0.1) is 12.8 Å². The first-order valence-corrected chi connectivity index (χ1v) is 7.42. The van der Waals surface area contributed by atoms with E-state index in [1.54, 1.807) is 7.11 Å². The summed E-state index contributed by atoms with van der Waals surface area (Å²) in [4.78, 5) is 0. The highest BCUT2D eigenvalue weighted by atomic mass is 16.5. The molecule has 1 aliphatic rings. The molecular formula is C19H22O. The summed E-state index contributed by atoms with van der Waals surface area (Å²) < 4.78 is 5.37. The number of ether oxygens (including phenoxy) is 1. The molecule has 2 aromatic rings. The van der Waals surface area contributed by atoms with Gasteiger partial charge in [-0.1, -0.05) is 42.8 Å². The second-order valence-corrected chi connectivity index (χ2v) is 5.97. The Bertz CT molecular complexity index is 615. The van der Waals surface area contributed by atoms with Crippen LogP contribution in [-0.2, 0) is 6.42 Å². The molecular weight excluding hydrogens is 244 g/mol. The van der Waals surface area contributed by atoms with Crippen LogP contribution >= 0.6 is 0 Å². The highest BCUT2D eigenvalue weighted by Crippen LogP contribution is 2.41. The third-order valence-corrected chi connectivity index (χ3v) is 4.52. The molecule has 0 unspecified atom stereocenters. The van der Waals surface area contributed by atoms with E-state index in [4.69, 9.17) is 4.74 Å². The maximum Gasteiger partial charge on any atom is 0.119 e. The van der Waals surface area contributed by atoms with Gasteiger partial charge < -0.3 is 4.74 Å². The van der Waals surface area contributed by atoms with Crippen molar-refractivity contribution in [1.82, 2.24) is 0 Å². The van der Waals surface area contributed by atoms with E-state index < -0.39 is 0 Å². The number of hydrogen-bond acceptors (Lipinski definition) is 1. The fourth-order valence-electron chi connectivity index (χ4n) is 3.46. The van der Waals surface area contributed by atoms with Crippen molar-refractivity contribution in [2.24, 2.45) is 5.92 Å². The third kappa shape index (κ3) is 2.33. The summed E-state index contributed by atoms with van der Waals surface area (Å²) in [6, 6.07) is 15.5. The summed E-state index contributed by atoms with van der Waals surface area (Å²) in [5.41, 5.74) is 5.73. The van der Waals surface area contributed by atoms with Crippen LogP contribution in [0.3, 0.4) is 0 Å². The van der Waals surface area contributed by atoms with Gasteiger partial charge >= 0.3 is 0 Å². The Morgan fingerprint density at radius 2 is 1.95 bits per heavy atom. The minimum atomic E-state index is 0.518. The van der Waals surface area contributed by atoms with Crippen molar-refractivity contribution in [3.05, 3.63) is 64.7 Å². The summed E-state index contributed by atoms with van der Waals surface area (Å²) in [7, 11) is 1.74. The monoisotopic (exact) mass is 266 g/mol. The molecule has 1 nitrogen and oxygen atoms in total. The van der Waals surface area contributed by atoms with Crippen molar-refractivity contribution in [2.75, 3.05) is 7.11 Å². The van der Waals surface area contributed by atoms with Crippen molar-refractivity contribution in [2.45, 2.75) is 32.6 Å². The normalized spacial score (nSPS) is 21.4. The Labute approximate surface area is 121 Å². The third-order valence-electron chi connectivity index (χ3n) is 4.52. The van der Waals surface area contributed by atoms with Gasteiger partial charge in [-0.15, -0.1) is 0 Å². The number of benzene rings is 2. The maximum absolute atomic E-state index is 5.37. The number of aryl methyl sites for hydroxylation is 2. The van der Waals surface area contributed by atoms with E-state index in [1.807, 2.05) is 0 Å². The second kappa shape index (κ2) is 5.32. The lowest BCUT2D eigenvalue weighted by atomic mass is 9.72. The van der Waals surface area contributed by atoms with E-state index in [9.17, 15) is 0 Å². The molecule has 20 heavy (non-hydrogen) atoms. The zero-order chi connectivity index (χ0) is 14.1. The van der Waals surface area contributed by atoms with E-state index in [1.165, 1.54) is 28.7 Å². The largest absolute Gasteiger partial charge is 0.497 e. The zero-order valence-corrected chi connectivity index (χ0v) is 12.5. The van der Waals surface area contributed by atoms with Crippen molar-refractivity contribution < 1.29 is 4.74 Å². The Morgan fingerprint density at radius 1 is 1.10 bits per heavy atom. The van der Waals surface area contributed by atoms with Crippen LogP contribution in [0.25, 0.3) is 0 Å². The Hall–Kier alpha value is -1.76. The molecule has 0 heterocycles. The fraction of sp³-hybridized carbons (Fsp3) is 0.368. The molecule has 1 heteroatoms. The summed E-state index contributed by atoms with van der Waals surface area (Å²) >= 11 is 0. The molecule has 0 fully saturated rings. The van der Waals surface area contributed by atoms with Crippen LogP contribution in [0.4, 0.5) is 0 Å². The van der Waals surface area contributed by atoms with Crippen molar-refractivity contribution >= 4 is 0 Å². The molecule has 0 N–H and O–H groups in total. The summed E-state index contributed by atoms with van der Waals surface area (Å²) in [5.74, 6) is 2.18. The molecule has 104 valence electrons. The number of hydrogen-bond donors (Lipinski definition) is 0. The van der Waals surface area contributed by atoms with Crippen LogP contribution in [0.2, 0.25) is 0 Å². The molecule has 1 aliphatic carbocycles. The quantitative estimate of drug-likeness (QED) is 0.764. The van der Waals surface area contributed by atoms with E-state index in [0.29, 0.717) is 11.8 Å². The molecule has 0 spiro atoms. The van der Waals surface area contributed by atoms with Gasteiger partial charge in [0.25, 0.3) is 0 Å². The summed E-state index contributed by atoms with van der Waals surface area (Å²) in [5, 5.41) is 0. The zero-order valence-electron chi connectivity index (χ0n) is 12.5. The standard InChI is InChI=1S/C19H22O/c1-13-5-4-6-16(11-13)19-14(2)7-8-15-12-17(20-3)9-10-18(15)19/h4-6,9-12,14,19H,7-8H2,1-3H3/t14-,19+/m1/s1. The number of rotatable bonds is 2. The molecule has 2 atom stereocenters. The average molecular weight is 266 g/mol. The minimum absolute atomic E-state index is 0.518. The van der Waals surface area contributed by atoms with Gasteiger partial charge in [0.2, 0.25) is 0 Å². The summed E-state index contributed by atoms with van der Waals surface area (Å²) in [6.07, 6.45) is 2.41. The second-order valence-electron chi connectivity index (χ2n) is 5.97. The van der Waals surface area contributed by atoms with Gasteiger partial charge in [0, 0.05) is 5.92 Å². The van der Waals surface area contributed by atoms with Crippen LogP contribution in [0.5, 0.6) is 5.75 Å². The number of fused-ring (bicyclic) bond motifs is 1. The van der Waals surface area contributed by atoms with Crippen molar-refractivity contribution in [3.8, 4) is 5.75 Å². The van der Waals surface area contributed by atoms with Gasteiger partial charge in [-0.25, -0.2) is 0 Å². The lowest BCUT2D eigenvalue weighted by molar-refractivity contribution is 0.409. The smallest absolute Gasteiger partial charge is 0.119 e. The highest BCUT2D eigenvalue weighted by molar-refractivity contribution is 5.45. The highest BCUT2D eigenvalue weighted by Gasteiger charge is 2.28. The van der Waals surface area contributed by atoms with Gasteiger partial charge in [-0.2, -0.15) is 0 Å². The molecule has 0 aromatic heterocycles. The maximum atomic E-state index is 5.37. The van der Waals surface area contributed by atoms with E-state index in [-0.39, 0.29) is 0 Å². The molecule has 0 saturated heterocycles. The Morgan fingerprint density at radius 3 is 2.70 bits per heavy atom. The van der Waals surface area contributed by atoms with Crippen LogP contribution in [-0.4, -0.2) is 7.11 Å². The fourth-order valence-corrected chi connectivity index (χ4v) is 3.46. The van der Waals surface area contributed by atoms with Crippen molar-refractivity contribution in [1.29, 1.82) is 0 Å². The molecule has 0 amide bonds. The molecule has 0 saturated carbocycles. The predicted molar refractivity (Wildman–Crippen MR) is 83.5 cm³/mol. The first-order valence-electron chi connectivity index (χ1n) is 7.42. The SMILES string of the molecule is COc1ccc2c(c1)CC[C@@H](C)[C@H]2c1cccc(C)c1. The van der Waals surface area contributed by atoms with Crippen LogP contribution in [0.15, 0.2) is 42.5 Å². The number of methoxy groups -OCH3 is 1. The molecule has 2 aromatic carbocycles. The Balaban J connectivity index is 2.08. The van der Waals surface area contributed by atoms with E-state index in [2.05, 4.69) is 56.3 Å². The van der Waals surface area contributed by atoms with Crippen LogP contribution < -0.4 is 4.74 Å². The van der Waals surface area contributed by atoms with Gasteiger partial charge in [-0.05, 0) is 54.5 Å². The van der Waals surface area contributed by atoms with E-state index >= 15 is 0 Å².